The first-order valence-corrected chi connectivity index (χ1v) is 7.69. The third kappa shape index (κ3) is 5.27. The van der Waals surface area contributed by atoms with E-state index in [1.54, 1.807) is 0 Å². The molecule has 0 aliphatic rings. The molecular weight excluding hydrogens is 183 g/mol. The van der Waals surface area contributed by atoms with Crippen LogP contribution in [0.2, 0.25) is 18.1 Å². The van der Waals surface area contributed by atoms with Crippen molar-refractivity contribution in [1.82, 2.24) is 0 Å². The van der Waals surface area contributed by atoms with Crippen molar-refractivity contribution in [3.05, 3.63) is 6.42 Å². The van der Waals surface area contributed by atoms with Crippen LogP contribution in [0.5, 0.6) is 0 Å². The normalized spacial score (nSPS) is 14.1. The standard InChI is InChI=1S/C11H21OSi.Li/c1-8-9-10(2)12-13(6,7)11(3,4)5;/h10H,9H2,2-7H3;/q-1;+1/t10-;/m0./s1. The van der Waals surface area contributed by atoms with E-state index < -0.39 is 8.32 Å². The zero-order valence-electron chi connectivity index (χ0n) is 10.7. The molecule has 14 heavy (non-hydrogen) atoms. The topological polar surface area (TPSA) is 9.23 Å². The predicted octanol–water partition coefficient (Wildman–Crippen LogP) is 0.381. The molecule has 0 aliphatic carbocycles. The van der Waals surface area contributed by atoms with Crippen molar-refractivity contribution in [2.24, 2.45) is 0 Å². The van der Waals surface area contributed by atoms with Crippen molar-refractivity contribution in [3.8, 4) is 5.92 Å². The molecule has 0 saturated carbocycles. The smallest absolute Gasteiger partial charge is 0.694 e. The molecule has 0 fully saturated rings. The Kier molecular flexibility index (Phi) is 7.22. The molecule has 0 N–H and O–H groups in total. The molecule has 1 atom stereocenters. The summed E-state index contributed by atoms with van der Waals surface area (Å²) in [5.41, 5.74) is 0. The fraction of sp³-hybridized carbons (Fsp3) is 0.818. The molecule has 0 radical (unpaired) electrons. The van der Waals surface area contributed by atoms with Crippen molar-refractivity contribution in [2.75, 3.05) is 0 Å². The molecule has 0 amide bonds. The van der Waals surface area contributed by atoms with Gasteiger partial charge in [-0.2, -0.15) is 0 Å². The molecule has 3 heteroatoms. The maximum absolute atomic E-state index is 6.88. The van der Waals surface area contributed by atoms with Crippen LogP contribution in [-0.2, 0) is 4.43 Å². The van der Waals surface area contributed by atoms with Crippen molar-refractivity contribution < 1.29 is 23.3 Å². The van der Waals surface area contributed by atoms with E-state index in [1.165, 1.54) is 0 Å². The van der Waals surface area contributed by atoms with Gasteiger partial charge in [0, 0.05) is 6.10 Å². The summed E-state index contributed by atoms with van der Waals surface area (Å²) in [6.07, 6.45) is 7.62. The van der Waals surface area contributed by atoms with Gasteiger partial charge in [-0.05, 0) is 31.5 Å². The fourth-order valence-corrected chi connectivity index (χ4v) is 2.31. The third-order valence-corrected chi connectivity index (χ3v) is 7.30. The van der Waals surface area contributed by atoms with E-state index in [1.807, 2.05) is 6.92 Å². The van der Waals surface area contributed by atoms with Crippen molar-refractivity contribution in [1.29, 1.82) is 0 Å². The van der Waals surface area contributed by atoms with E-state index in [4.69, 9.17) is 10.8 Å². The predicted molar refractivity (Wildman–Crippen MR) is 59.5 cm³/mol. The molecule has 0 aromatic rings. The van der Waals surface area contributed by atoms with E-state index in [0.717, 1.165) is 0 Å². The van der Waals surface area contributed by atoms with Crippen molar-refractivity contribution in [2.45, 2.75) is 58.4 Å². The van der Waals surface area contributed by atoms with Crippen LogP contribution in [0.1, 0.15) is 34.1 Å². The summed E-state index contributed by atoms with van der Waals surface area (Å²) < 4.78 is 6.00. The van der Waals surface area contributed by atoms with Crippen molar-refractivity contribution in [3.63, 3.8) is 0 Å². The molecule has 0 aliphatic heterocycles. The first kappa shape index (κ1) is 16.8. The Labute approximate surface area is 102 Å². The molecule has 0 rings (SSSR count). The summed E-state index contributed by atoms with van der Waals surface area (Å²) in [7, 11) is -1.63. The summed E-state index contributed by atoms with van der Waals surface area (Å²) in [4.78, 5) is 0. The molecule has 0 spiro atoms. The Bertz CT molecular complexity index is 200. The van der Waals surface area contributed by atoms with E-state index in [-0.39, 0.29) is 30.0 Å². The fourth-order valence-electron chi connectivity index (χ4n) is 0.865. The summed E-state index contributed by atoms with van der Waals surface area (Å²) in [5.74, 6) is 2.39. The van der Waals surface area contributed by atoms with Gasteiger partial charge in [0.05, 0.1) is 0 Å². The summed E-state index contributed by atoms with van der Waals surface area (Å²) in [6, 6.07) is 0. The number of hydrogen-bond acceptors (Lipinski definition) is 1. The van der Waals surface area contributed by atoms with Gasteiger partial charge in [-0.3, -0.25) is 0 Å². The van der Waals surface area contributed by atoms with Crippen LogP contribution in [0.25, 0.3) is 0 Å². The molecular formula is C11H21LiOSi. The van der Waals surface area contributed by atoms with Crippen LogP contribution >= 0.6 is 0 Å². The number of rotatable bonds is 3. The van der Waals surface area contributed by atoms with Gasteiger partial charge in [-0.1, -0.05) is 20.8 Å². The van der Waals surface area contributed by atoms with E-state index >= 15 is 0 Å². The molecule has 0 heterocycles. The van der Waals surface area contributed by atoms with Gasteiger partial charge in [0.2, 0.25) is 0 Å². The molecule has 76 valence electrons. The van der Waals surface area contributed by atoms with Gasteiger partial charge in [0.1, 0.15) is 0 Å². The average molecular weight is 204 g/mol. The molecule has 0 bridgehead atoms. The van der Waals surface area contributed by atoms with Gasteiger partial charge in [0.15, 0.2) is 8.32 Å². The zero-order chi connectivity index (χ0) is 10.7. The maximum atomic E-state index is 6.88. The minimum atomic E-state index is -1.63. The summed E-state index contributed by atoms with van der Waals surface area (Å²) in [6.45, 7) is 13.1. The van der Waals surface area contributed by atoms with Gasteiger partial charge < -0.3 is 16.8 Å². The quantitative estimate of drug-likeness (QED) is 0.367. The SMILES string of the molecule is [C-]#CC[C@H](C)O[Si](C)(C)C(C)(C)C.[Li+]. The largest absolute Gasteiger partial charge is 1.00 e. The summed E-state index contributed by atoms with van der Waals surface area (Å²) in [5, 5.41) is 0.253. The third-order valence-electron chi connectivity index (χ3n) is 2.69. The first-order valence-electron chi connectivity index (χ1n) is 4.78. The van der Waals surface area contributed by atoms with Gasteiger partial charge in [-0.15, -0.1) is 0 Å². The Morgan fingerprint density at radius 2 is 1.79 bits per heavy atom. The van der Waals surface area contributed by atoms with Gasteiger partial charge in [0.25, 0.3) is 0 Å². The average Bonchev–Trinajstić information content (AvgIpc) is 1.83. The first-order chi connectivity index (χ1) is 5.70. The van der Waals surface area contributed by atoms with E-state index in [0.29, 0.717) is 6.42 Å². The minimum absolute atomic E-state index is 0. The van der Waals surface area contributed by atoms with E-state index in [9.17, 15) is 0 Å². The zero-order valence-corrected chi connectivity index (χ0v) is 11.7. The van der Waals surface area contributed by atoms with Crippen LogP contribution in [0.15, 0.2) is 0 Å². The minimum Gasteiger partial charge on any atom is -0.694 e. The van der Waals surface area contributed by atoms with E-state index in [2.05, 4.69) is 39.8 Å². The van der Waals surface area contributed by atoms with Crippen LogP contribution < -0.4 is 18.9 Å². The van der Waals surface area contributed by atoms with Crippen LogP contribution in [-0.4, -0.2) is 14.4 Å². The second-order valence-corrected chi connectivity index (χ2v) is 9.83. The van der Waals surface area contributed by atoms with Crippen LogP contribution in [0, 0.1) is 12.3 Å². The maximum Gasteiger partial charge on any atom is 1.00 e. The molecule has 0 aromatic carbocycles. The number of hydrogen-bond donors (Lipinski definition) is 0. The Morgan fingerprint density at radius 1 is 1.36 bits per heavy atom. The Hall–Kier alpha value is 0.334. The van der Waals surface area contributed by atoms with Gasteiger partial charge in [-0.25, -0.2) is 0 Å². The monoisotopic (exact) mass is 204 g/mol. The second kappa shape index (κ2) is 6.03. The molecule has 0 unspecified atom stereocenters. The summed E-state index contributed by atoms with van der Waals surface area (Å²) >= 11 is 0. The molecule has 1 nitrogen and oxygen atoms in total. The van der Waals surface area contributed by atoms with Crippen LogP contribution in [0.4, 0.5) is 0 Å². The van der Waals surface area contributed by atoms with Crippen LogP contribution in [0.3, 0.4) is 0 Å². The van der Waals surface area contributed by atoms with Crippen molar-refractivity contribution >= 4 is 8.32 Å². The molecule has 0 aromatic heterocycles. The second-order valence-electron chi connectivity index (χ2n) is 5.07. The van der Waals surface area contributed by atoms with Gasteiger partial charge >= 0.3 is 18.9 Å². The Balaban J connectivity index is 0. The Morgan fingerprint density at radius 3 is 2.07 bits per heavy atom. The molecule has 0 saturated heterocycles.